The first-order valence-corrected chi connectivity index (χ1v) is 6.72. The summed E-state index contributed by atoms with van der Waals surface area (Å²) >= 11 is 0. The lowest BCUT2D eigenvalue weighted by molar-refractivity contribution is -0.150. The Hall–Kier alpha value is -1.32. The summed E-state index contributed by atoms with van der Waals surface area (Å²) < 4.78 is 0. The molecule has 2 aliphatic rings. The Morgan fingerprint density at radius 3 is 2.33 bits per heavy atom. The molecule has 2 unspecified atom stereocenters. The highest BCUT2D eigenvalue weighted by Gasteiger charge is 2.36. The topological polar surface area (TPSA) is 57.6 Å². The first-order valence-electron chi connectivity index (χ1n) is 6.72. The van der Waals surface area contributed by atoms with Crippen LogP contribution in [-0.2, 0) is 9.59 Å². The molecule has 1 N–H and O–H groups in total. The molecule has 0 heterocycles. The Morgan fingerprint density at radius 2 is 1.83 bits per heavy atom. The predicted octanol–water partition coefficient (Wildman–Crippen LogP) is 1.91. The first kappa shape index (κ1) is 13.1. The monoisotopic (exact) mass is 251 g/mol. The number of carboxylic acids is 1. The molecule has 4 heteroatoms. The fourth-order valence-electron chi connectivity index (χ4n) is 2.80. The lowest BCUT2D eigenvalue weighted by Crippen LogP contribution is -2.42. The van der Waals surface area contributed by atoms with E-state index < -0.39 is 11.9 Å². The lowest BCUT2D eigenvalue weighted by Gasteiger charge is -2.33. The number of hydrogen-bond donors (Lipinski definition) is 1. The Balaban J connectivity index is 1.96. The molecule has 0 aromatic heterocycles. The van der Waals surface area contributed by atoms with Crippen molar-refractivity contribution in [3.8, 4) is 0 Å². The number of allylic oxidation sites excluding steroid dienone is 2. The highest BCUT2D eigenvalue weighted by molar-refractivity contribution is 5.85. The van der Waals surface area contributed by atoms with E-state index in [9.17, 15) is 14.7 Å². The van der Waals surface area contributed by atoms with Gasteiger partial charge in [-0.1, -0.05) is 18.6 Å². The van der Waals surface area contributed by atoms with Crippen LogP contribution in [0, 0.1) is 17.8 Å². The number of rotatable bonds is 4. The van der Waals surface area contributed by atoms with Crippen LogP contribution in [0.5, 0.6) is 0 Å². The maximum Gasteiger partial charge on any atom is 0.307 e. The molecule has 0 aromatic carbocycles. The van der Waals surface area contributed by atoms with Gasteiger partial charge in [-0.3, -0.25) is 9.59 Å². The van der Waals surface area contributed by atoms with Crippen molar-refractivity contribution in [1.82, 2.24) is 4.90 Å². The molecule has 2 atom stereocenters. The SMILES string of the molecule is CN(CC1CCC1)C(=O)C1CC=CCC1C(=O)O. The van der Waals surface area contributed by atoms with Gasteiger partial charge < -0.3 is 10.0 Å². The fourth-order valence-corrected chi connectivity index (χ4v) is 2.80. The third-order valence-corrected chi connectivity index (χ3v) is 4.20. The molecule has 18 heavy (non-hydrogen) atoms. The third-order valence-electron chi connectivity index (χ3n) is 4.20. The number of carboxylic acid groups (broad SMARTS) is 1. The van der Waals surface area contributed by atoms with E-state index in [0.29, 0.717) is 18.8 Å². The van der Waals surface area contributed by atoms with E-state index in [0.717, 1.165) is 6.54 Å². The van der Waals surface area contributed by atoms with Gasteiger partial charge in [0.25, 0.3) is 0 Å². The van der Waals surface area contributed by atoms with Crippen molar-refractivity contribution in [2.24, 2.45) is 17.8 Å². The van der Waals surface area contributed by atoms with Crippen molar-refractivity contribution in [3.05, 3.63) is 12.2 Å². The number of nitrogens with zero attached hydrogens (tertiary/aromatic N) is 1. The van der Waals surface area contributed by atoms with Gasteiger partial charge in [0.1, 0.15) is 0 Å². The minimum absolute atomic E-state index is 0.00125. The third kappa shape index (κ3) is 2.74. The van der Waals surface area contributed by atoms with Crippen molar-refractivity contribution < 1.29 is 14.7 Å². The predicted molar refractivity (Wildman–Crippen MR) is 68.0 cm³/mol. The molecule has 0 radical (unpaired) electrons. The Kier molecular flexibility index (Phi) is 4.04. The van der Waals surface area contributed by atoms with Crippen molar-refractivity contribution in [3.63, 3.8) is 0 Å². The molecule has 1 amide bonds. The van der Waals surface area contributed by atoms with Crippen LogP contribution in [0.3, 0.4) is 0 Å². The summed E-state index contributed by atoms with van der Waals surface area (Å²) in [5.41, 5.74) is 0. The molecule has 1 saturated carbocycles. The van der Waals surface area contributed by atoms with E-state index in [1.54, 1.807) is 11.9 Å². The fraction of sp³-hybridized carbons (Fsp3) is 0.714. The Labute approximate surface area is 108 Å². The molecule has 0 bridgehead atoms. The van der Waals surface area contributed by atoms with Gasteiger partial charge in [-0.25, -0.2) is 0 Å². The van der Waals surface area contributed by atoms with Gasteiger partial charge in [-0.05, 0) is 31.6 Å². The summed E-state index contributed by atoms with van der Waals surface area (Å²) in [6.07, 6.45) is 8.49. The number of aliphatic carboxylic acids is 1. The highest BCUT2D eigenvalue weighted by Crippen LogP contribution is 2.30. The largest absolute Gasteiger partial charge is 0.481 e. The van der Waals surface area contributed by atoms with Crippen molar-refractivity contribution in [2.45, 2.75) is 32.1 Å². The van der Waals surface area contributed by atoms with Gasteiger partial charge in [0, 0.05) is 13.6 Å². The van der Waals surface area contributed by atoms with Crippen molar-refractivity contribution in [1.29, 1.82) is 0 Å². The number of hydrogen-bond acceptors (Lipinski definition) is 2. The van der Waals surface area contributed by atoms with E-state index in [1.807, 2.05) is 12.2 Å². The molecular weight excluding hydrogens is 230 g/mol. The minimum Gasteiger partial charge on any atom is -0.481 e. The molecule has 100 valence electrons. The molecular formula is C14H21NO3. The van der Waals surface area contributed by atoms with Gasteiger partial charge in [-0.15, -0.1) is 0 Å². The first-order chi connectivity index (χ1) is 8.59. The summed E-state index contributed by atoms with van der Waals surface area (Å²) in [6.45, 7) is 0.783. The van der Waals surface area contributed by atoms with E-state index in [2.05, 4.69) is 0 Å². The zero-order valence-corrected chi connectivity index (χ0v) is 10.8. The van der Waals surface area contributed by atoms with Crippen LogP contribution in [-0.4, -0.2) is 35.5 Å². The van der Waals surface area contributed by atoms with E-state index in [4.69, 9.17) is 0 Å². The van der Waals surface area contributed by atoms with Gasteiger partial charge in [-0.2, -0.15) is 0 Å². The normalized spacial score (nSPS) is 27.6. The average molecular weight is 251 g/mol. The summed E-state index contributed by atoms with van der Waals surface area (Å²) in [5.74, 6) is -1.15. The zero-order chi connectivity index (χ0) is 13.1. The summed E-state index contributed by atoms with van der Waals surface area (Å²) in [6, 6.07) is 0. The van der Waals surface area contributed by atoms with Crippen LogP contribution in [0.4, 0.5) is 0 Å². The summed E-state index contributed by atoms with van der Waals surface area (Å²) in [5, 5.41) is 9.17. The number of carbonyl (C=O) groups is 2. The molecule has 4 nitrogen and oxygen atoms in total. The van der Waals surface area contributed by atoms with Crippen LogP contribution in [0.1, 0.15) is 32.1 Å². The number of carbonyl (C=O) groups excluding carboxylic acids is 1. The molecule has 0 aromatic rings. The molecule has 0 saturated heterocycles. The van der Waals surface area contributed by atoms with Gasteiger partial charge >= 0.3 is 5.97 Å². The van der Waals surface area contributed by atoms with Gasteiger partial charge in [0.05, 0.1) is 11.8 Å². The van der Waals surface area contributed by atoms with Gasteiger partial charge in [0.2, 0.25) is 5.91 Å². The second-order valence-corrected chi connectivity index (χ2v) is 5.51. The molecule has 0 aliphatic heterocycles. The zero-order valence-electron chi connectivity index (χ0n) is 10.8. The van der Waals surface area contributed by atoms with E-state index in [-0.39, 0.29) is 11.8 Å². The standard InChI is InChI=1S/C14H21NO3/c1-15(9-10-5-4-6-10)13(16)11-7-2-3-8-12(11)14(17)18/h2-3,10-12H,4-9H2,1H3,(H,17,18). The number of amides is 1. The average Bonchev–Trinajstić information content (AvgIpc) is 2.32. The van der Waals surface area contributed by atoms with Crippen molar-refractivity contribution in [2.75, 3.05) is 13.6 Å². The van der Waals surface area contributed by atoms with Crippen LogP contribution >= 0.6 is 0 Å². The second-order valence-electron chi connectivity index (χ2n) is 5.51. The van der Waals surface area contributed by atoms with E-state index in [1.165, 1.54) is 19.3 Å². The van der Waals surface area contributed by atoms with Crippen molar-refractivity contribution >= 4 is 11.9 Å². The molecule has 0 spiro atoms. The minimum atomic E-state index is -0.852. The second kappa shape index (κ2) is 5.55. The van der Waals surface area contributed by atoms with E-state index >= 15 is 0 Å². The Bertz CT molecular complexity index is 360. The van der Waals surface area contributed by atoms with Crippen LogP contribution in [0.2, 0.25) is 0 Å². The summed E-state index contributed by atoms with van der Waals surface area (Å²) in [7, 11) is 1.80. The maximum absolute atomic E-state index is 12.3. The Morgan fingerprint density at radius 1 is 1.22 bits per heavy atom. The highest BCUT2D eigenvalue weighted by atomic mass is 16.4. The van der Waals surface area contributed by atoms with Crippen LogP contribution in [0.15, 0.2) is 12.2 Å². The molecule has 1 fully saturated rings. The summed E-state index contributed by atoms with van der Waals surface area (Å²) in [4.78, 5) is 25.2. The molecule has 2 aliphatic carbocycles. The maximum atomic E-state index is 12.3. The smallest absolute Gasteiger partial charge is 0.307 e. The lowest BCUT2D eigenvalue weighted by atomic mass is 9.81. The van der Waals surface area contributed by atoms with Crippen LogP contribution in [0.25, 0.3) is 0 Å². The van der Waals surface area contributed by atoms with Gasteiger partial charge in [0.15, 0.2) is 0 Å². The van der Waals surface area contributed by atoms with Crippen LogP contribution < -0.4 is 0 Å². The molecule has 2 rings (SSSR count). The quantitative estimate of drug-likeness (QED) is 0.776.